The smallest absolute Gasteiger partial charge is 0.0631 e. The van der Waals surface area contributed by atoms with Gasteiger partial charge in [0.05, 0.1) is 5.69 Å². The van der Waals surface area contributed by atoms with E-state index in [1.54, 1.807) is 0 Å². The van der Waals surface area contributed by atoms with Crippen LogP contribution in [0.4, 0.5) is 5.69 Å². The topological polar surface area (TPSA) is 15.3 Å². The average molecular weight is 441 g/mol. The Labute approximate surface area is 134 Å². The molecule has 0 saturated carbocycles. The summed E-state index contributed by atoms with van der Waals surface area (Å²) in [5.74, 6) is 0. The molecule has 1 unspecified atom stereocenters. The number of nitrogens with zero attached hydrogens (tertiary/aromatic N) is 1. The Morgan fingerprint density at radius 3 is 2.44 bits per heavy atom. The summed E-state index contributed by atoms with van der Waals surface area (Å²) >= 11 is 10.7. The molecule has 1 aliphatic heterocycles. The predicted octanol–water partition coefficient (Wildman–Crippen LogP) is 4.87. The first-order valence-electron chi connectivity index (χ1n) is 6.16. The first kappa shape index (κ1) is 14.8. The number of benzene rings is 1. The second kappa shape index (κ2) is 6.73. The van der Waals surface area contributed by atoms with Gasteiger partial charge in [-0.15, -0.1) is 0 Å². The standard InChI is InChI=1S/C13H17Br3N2/c1-18-5-2-3-10(4-6-18)17-13-11(15)7-9(14)8-12(13)16/h7-8,10,17H,2-6H2,1H3. The summed E-state index contributed by atoms with van der Waals surface area (Å²) in [7, 11) is 2.20. The first-order chi connectivity index (χ1) is 8.56. The molecule has 0 radical (unpaired) electrons. The van der Waals surface area contributed by atoms with Crippen molar-refractivity contribution in [1.29, 1.82) is 0 Å². The highest BCUT2D eigenvalue weighted by molar-refractivity contribution is 9.11. The molecular formula is C13H17Br3N2. The van der Waals surface area contributed by atoms with Gasteiger partial charge in [0.2, 0.25) is 0 Å². The molecule has 5 heteroatoms. The highest BCUT2D eigenvalue weighted by Gasteiger charge is 2.17. The Balaban J connectivity index is 2.09. The fourth-order valence-electron chi connectivity index (χ4n) is 2.27. The summed E-state index contributed by atoms with van der Waals surface area (Å²) in [6.07, 6.45) is 3.70. The largest absolute Gasteiger partial charge is 0.380 e. The molecule has 1 heterocycles. The highest BCUT2D eigenvalue weighted by Crippen LogP contribution is 2.35. The predicted molar refractivity (Wildman–Crippen MR) is 88.3 cm³/mol. The zero-order valence-electron chi connectivity index (χ0n) is 10.3. The number of halogens is 3. The van der Waals surface area contributed by atoms with Crippen LogP contribution < -0.4 is 5.32 Å². The highest BCUT2D eigenvalue weighted by atomic mass is 79.9. The lowest BCUT2D eigenvalue weighted by molar-refractivity contribution is 0.348. The van der Waals surface area contributed by atoms with Crippen molar-refractivity contribution >= 4 is 53.5 Å². The van der Waals surface area contributed by atoms with Crippen LogP contribution in [0.15, 0.2) is 25.6 Å². The molecule has 1 aromatic carbocycles. The quantitative estimate of drug-likeness (QED) is 0.705. The molecule has 1 fully saturated rings. The van der Waals surface area contributed by atoms with Crippen molar-refractivity contribution in [1.82, 2.24) is 4.90 Å². The van der Waals surface area contributed by atoms with Crippen molar-refractivity contribution in [2.75, 3.05) is 25.5 Å². The molecule has 100 valence electrons. The van der Waals surface area contributed by atoms with Gasteiger partial charge in [-0.1, -0.05) is 15.9 Å². The number of hydrogen-bond donors (Lipinski definition) is 1. The van der Waals surface area contributed by atoms with Gasteiger partial charge >= 0.3 is 0 Å². The Kier molecular flexibility index (Phi) is 5.54. The van der Waals surface area contributed by atoms with Gasteiger partial charge in [-0.25, -0.2) is 0 Å². The molecule has 18 heavy (non-hydrogen) atoms. The Morgan fingerprint density at radius 2 is 1.78 bits per heavy atom. The summed E-state index contributed by atoms with van der Waals surface area (Å²) in [5, 5.41) is 3.66. The lowest BCUT2D eigenvalue weighted by Crippen LogP contribution is -2.23. The van der Waals surface area contributed by atoms with Gasteiger partial charge in [0.1, 0.15) is 0 Å². The molecule has 2 rings (SSSR count). The van der Waals surface area contributed by atoms with Crippen LogP contribution >= 0.6 is 47.8 Å². The van der Waals surface area contributed by atoms with Crippen molar-refractivity contribution in [2.24, 2.45) is 0 Å². The van der Waals surface area contributed by atoms with E-state index in [0.717, 1.165) is 19.1 Å². The normalized spacial score (nSPS) is 21.7. The molecule has 0 amide bonds. The number of anilines is 1. The zero-order valence-corrected chi connectivity index (χ0v) is 15.1. The van der Waals surface area contributed by atoms with Crippen LogP contribution in [0.1, 0.15) is 19.3 Å². The van der Waals surface area contributed by atoms with Crippen LogP contribution in [0.25, 0.3) is 0 Å². The fraction of sp³-hybridized carbons (Fsp3) is 0.538. The molecular weight excluding hydrogens is 424 g/mol. The van der Waals surface area contributed by atoms with Crippen LogP contribution in [-0.4, -0.2) is 31.1 Å². The van der Waals surface area contributed by atoms with Gasteiger partial charge in [-0.2, -0.15) is 0 Å². The van der Waals surface area contributed by atoms with E-state index in [0.29, 0.717) is 6.04 Å². The van der Waals surface area contributed by atoms with Gasteiger partial charge < -0.3 is 10.2 Å². The summed E-state index contributed by atoms with van der Waals surface area (Å²) in [5.41, 5.74) is 1.16. The van der Waals surface area contributed by atoms with Gasteiger partial charge in [0.15, 0.2) is 0 Å². The second-order valence-corrected chi connectivity index (χ2v) is 7.44. The van der Waals surface area contributed by atoms with Crippen LogP contribution in [0.3, 0.4) is 0 Å². The van der Waals surface area contributed by atoms with Crippen molar-refractivity contribution in [2.45, 2.75) is 25.3 Å². The average Bonchev–Trinajstić information content (AvgIpc) is 2.48. The maximum absolute atomic E-state index is 3.66. The molecule has 0 bridgehead atoms. The molecule has 1 aromatic rings. The van der Waals surface area contributed by atoms with Gasteiger partial charge in [-0.3, -0.25) is 0 Å². The minimum atomic E-state index is 0.559. The molecule has 1 saturated heterocycles. The van der Waals surface area contributed by atoms with E-state index >= 15 is 0 Å². The Bertz CT molecular complexity index is 400. The maximum atomic E-state index is 3.66. The van der Waals surface area contributed by atoms with E-state index in [1.807, 2.05) is 0 Å². The molecule has 1 atom stereocenters. The monoisotopic (exact) mass is 438 g/mol. The van der Waals surface area contributed by atoms with E-state index in [4.69, 9.17) is 0 Å². The number of likely N-dealkylation sites (tertiary alicyclic amines) is 1. The van der Waals surface area contributed by atoms with E-state index in [-0.39, 0.29) is 0 Å². The number of hydrogen-bond acceptors (Lipinski definition) is 2. The van der Waals surface area contributed by atoms with Crippen molar-refractivity contribution in [3.63, 3.8) is 0 Å². The lowest BCUT2D eigenvalue weighted by atomic mass is 10.1. The fourth-order valence-corrected chi connectivity index (χ4v) is 4.76. The maximum Gasteiger partial charge on any atom is 0.0631 e. The van der Waals surface area contributed by atoms with E-state index in [2.05, 4.69) is 77.2 Å². The minimum Gasteiger partial charge on any atom is -0.380 e. The number of nitrogens with one attached hydrogen (secondary N) is 1. The molecule has 0 aromatic heterocycles. The van der Waals surface area contributed by atoms with Crippen molar-refractivity contribution < 1.29 is 0 Å². The van der Waals surface area contributed by atoms with Gasteiger partial charge in [-0.05, 0) is 83.4 Å². The SMILES string of the molecule is CN1CCCC(Nc2c(Br)cc(Br)cc2Br)CC1. The minimum absolute atomic E-state index is 0.559. The summed E-state index contributed by atoms with van der Waals surface area (Å²) in [6.45, 7) is 2.38. The van der Waals surface area contributed by atoms with Gasteiger partial charge in [0.25, 0.3) is 0 Å². The van der Waals surface area contributed by atoms with Crippen LogP contribution in [0.5, 0.6) is 0 Å². The van der Waals surface area contributed by atoms with Gasteiger partial charge in [0, 0.05) is 19.5 Å². The summed E-state index contributed by atoms with van der Waals surface area (Å²) < 4.78 is 3.27. The van der Waals surface area contributed by atoms with E-state index in [9.17, 15) is 0 Å². The molecule has 2 nitrogen and oxygen atoms in total. The van der Waals surface area contributed by atoms with Crippen molar-refractivity contribution in [3.05, 3.63) is 25.6 Å². The van der Waals surface area contributed by atoms with Crippen LogP contribution in [0, 0.1) is 0 Å². The van der Waals surface area contributed by atoms with Crippen LogP contribution in [-0.2, 0) is 0 Å². The molecule has 1 N–H and O–H groups in total. The third-order valence-corrected chi connectivity index (χ3v) is 5.02. The van der Waals surface area contributed by atoms with E-state index < -0.39 is 0 Å². The van der Waals surface area contributed by atoms with Crippen molar-refractivity contribution in [3.8, 4) is 0 Å². The lowest BCUT2D eigenvalue weighted by Gasteiger charge is -2.20. The number of rotatable bonds is 2. The first-order valence-corrected chi connectivity index (χ1v) is 8.54. The zero-order chi connectivity index (χ0) is 13.1. The van der Waals surface area contributed by atoms with Crippen LogP contribution in [0.2, 0.25) is 0 Å². The molecule has 0 aliphatic carbocycles. The molecule has 0 spiro atoms. The summed E-state index contributed by atoms with van der Waals surface area (Å²) in [6, 6.07) is 4.72. The Hall–Kier alpha value is 0.420. The van der Waals surface area contributed by atoms with E-state index in [1.165, 1.54) is 32.4 Å². The third kappa shape index (κ3) is 3.95. The Morgan fingerprint density at radius 1 is 1.11 bits per heavy atom. The second-order valence-electron chi connectivity index (χ2n) is 4.82. The third-order valence-electron chi connectivity index (χ3n) is 3.31. The molecule has 1 aliphatic rings. The summed E-state index contributed by atoms with van der Waals surface area (Å²) in [4.78, 5) is 2.41.